The van der Waals surface area contributed by atoms with Crippen LogP contribution in [0.15, 0.2) is 58.1 Å². The Bertz CT molecular complexity index is 1500. The number of hydrogen-bond donors (Lipinski definition) is 0. The molecule has 0 aliphatic carbocycles. The van der Waals surface area contributed by atoms with Crippen molar-refractivity contribution in [3.63, 3.8) is 0 Å². The molecule has 0 saturated carbocycles. The second-order valence-corrected chi connectivity index (χ2v) is 13.8. The highest BCUT2D eigenvalue weighted by molar-refractivity contribution is 5.89. The molecule has 0 N–H and O–H groups in total. The minimum atomic E-state index is -0.437. The van der Waals surface area contributed by atoms with E-state index in [0.717, 1.165) is 48.5 Å². The summed E-state index contributed by atoms with van der Waals surface area (Å²) in [4.78, 5) is 33.6. The maximum atomic E-state index is 14.5. The van der Waals surface area contributed by atoms with Gasteiger partial charge in [0.05, 0.1) is 10.4 Å². The molecule has 42 heavy (non-hydrogen) atoms. The summed E-state index contributed by atoms with van der Waals surface area (Å²) in [7, 11) is 0. The Hall–Kier alpha value is -3.14. The van der Waals surface area contributed by atoms with Gasteiger partial charge in [-0.3, -0.25) is 9.59 Å². The predicted molar refractivity (Wildman–Crippen MR) is 179 cm³/mol. The van der Waals surface area contributed by atoms with Gasteiger partial charge in [0.1, 0.15) is 0 Å². The average molecular weight is 567 g/mol. The van der Waals surface area contributed by atoms with Crippen molar-refractivity contribution in [2.24, 2.45) is 0 Å². The van der Waals surface area contributed by atoms with Crippen LogP contribution in [-0.4, -0.2) is 12.1 Å². The quantitative estimate of drug-likeness (QED) is 0.247. The van der Waals surface area contributed by atoms with Crippen molar-refractivity contribution in [2.75, 3.05) is 9.80 Å². The molecule has 0 amide bonds. The zero-order valence-corrected chi connectivity index (χ0v) is 27.1. The van der Waals surface area contributed by atoms with Gasteiger partial charge in [0.2, 0.25) is 10.9 Å². The molecule has 5 rings (SSSR count). The van der Waals surface area contributed by atoms with E-state index in [0.29, 0.717) is 10.4 Å². The van der Waals surface area contributed by atoms with Gasteiger partial charge in [-0.1, -0.05) is 116 Å². The smallest absolute Gasteiger partial charge is 0.204 e. The van der Waals surface area contributed by atoms with Gasteiger partial charge in [0.15, 0.2) is 0 Å². The molecule has 2 aliphatic rings. The van der Waals surface area contributed by atoms with Gasteiger partial charge in [-0.2, -0.15) is 0 Å². The highest BCUT2D eigenvalue weighted by Crippen LogP contribution is 2.50. The molecule has 2 unspecified atom stereocenters. The van der Waals surface area contributed by atoms with E-state index in [9.17, 15) is 9.59 Å². The molecule has 2 aliphatic heterocycles. The average Bonchev–Trinajstić information content (AvgIpc) is 3.33. The van der Waals surface area contributed by atoms with Crippen molar-refractivity contribution in [3.8, 4) is 0 Å². The first kappa shape index (κ1) is 30.3. The maximum absolute atomic E-state index is 14.5. The Morgan fingerprint density at radius 2 is 0.952 bits per heavy atom. The maximum Gasteiger partial charge on any atom is 0.204 e. The summed E-state index contributed by atoms with van der Waals surface area (Å²) < 4.78 is 0. The highest BCUT2D eigenvalue weighted by atomic mass is 16.1. The lowest BCUT2D eigenvalue weighted by Crippen LogP contribution is -2.69. The number of unbranched alkanes of at least 4 members (excludes halogenated alkanes) is 4. The van der Waals surface area contributed by atoms with Gasteiger partial charge in [-0.05, 0) is 49.9 Å². The zero-order chi connectivity index (χ0) is 30.4. The third kappa shape index (κ3) is 4.66. The molecule has 3 aromatic carbocycles. The van der Waals surface area contributed by atoms with Crippen LogP contribution in [0.25, 0.3) is 11.4 Å². The molecule has 224 valence electrons. The van der Waals surface area contributed by atoms with Crippen molar-refractivity contribution in [2.45, 2.75) is 130 Å². The second-order valence-electron chi connectivity index (χ2n) is 13.8. The fourth-order valence-corrected chi connectivity index (χ4v) is 7.77. The predicted octanol–water partition coefficient (Wildman–Crippen LogP) is 7.03. The molecule has 0 spiro atoms. The Morgan fingerprint density at radius 1 is 0.595 bits per heavy atom. The first-order valence-corrected chi connectivity index (χ1v) is 16.4. The number of para-hydroxylation sites is 2. The molecule has 0 radical (unpaired) electrons. The summed E-state index contributed by atoms with van der Waals surface area (Å²) in [5.74, 6) is 0. The van der Waals surface area contributed by atoms with E-state index in [1.807, 2.05) is 0 Å². The Balaban J connectivity index is 1.76. The fourth-order valence-electron chi connectivity index (χ4n) is 7.77. The van der Waals surface area contributed by atoms with Crippen LogP contribution in [-0.2, 0) is 10.8 Å². The summed E-state index contributed by atoms with van der Waals surface area (Å²) in [6, 6.07) is 17.3. The van der Waals surface area contributed by atoms with Crippen molar-refractivity contribution >= 4 is 22.8 Å². The highest BCUT2D eigenvalue weighted by Gasteiger charge is 2.46. The van der Waals surface area contributed by atoms with Gasteiger partial charge in [-0.15, -0.1) is 0 Å². The standard InChI is InChI=1S/C38H50N2O2/c1-9-11-13-19-25(3)39-29-23-17-15-21-27(29)37(5,6)35(39)31-33(41)32(34(31)42)36-38(7,8)28-22-16-18-24-30(28)40(36)26(4)20-14-12-10-2/h15-18,21-26H,9-14,19-20H2,1-8H3. The summed E-state index contributed by atoms with van der Waals surface area (Å²) in [6.07, 6.45) is 9.02. The molecular weight excluding hydrogens is 516 g/mol. The number of rotatable bonds is 10. The van der Waals surface area contributed by atoms with Crippen LogP contribution in [0.3, 0.4) is 0 Å². The van der Waals surface area contributed by atoms with Crippen LogP contribution in [0, 0.1) is 0 Å². The van der Waals surface area contributed by atoms with Crippen molar-refractivity contribution in [1.29, 1.82) is 0 Å². The lowest BCUT2D eigenvalue weighted by molar-refractivity contribution is 0.572. The van der Waals surface area contributed by atoms with E-state index in [1.165, 1.54) is 36.8 Å². The molecule has 0 aromatic heterocycles. The van der Waals surface area contributed by atoms with Crippen LogP contribution in [0.5, 0.6) is 0 Å². The van der Waals surface area contributed by atoms with E-state index in [2.05, 4.69) is 114 Å². The van der Waals surface area contributed by atoms with Crippen LogP contribution in [0.4, 0.5) is 11.4 Å². The van der Waals surface area contributed by atoms with Crippen LogP contribution in [0.2, 0.25) is 0 Å². The van der Waals surface area contributed by atoms with E-state index >= 15 is 0 Å². The molecule has 4 heteroatoms. The summed E-state index contributed by atoms with van der Waals surface area (Å²) >= 11 is 0. The molecule has 0 fully saturated rings. The summed E-state index contributed by atoms with van der Waals surface area (Å²) in [6.45, 7) is 17.7. The fraction of sp³-hybridized carbons (Fsp3) is 0.526. The topological polar surface area (TPSA) is 40.6 Å². The van der Waals surface area contributed by atoms with Crippen molar-refractivity contribution in [3.05, 3.63) is 90.5 Å². The number of anilines is 2. The van der Waals surface area contributed by atoms with Crippen LogP contribution in [0.1, 0.15) is 118 Å². The summed E-state index contributed by atoms with van der Waals surface area (Å²) in [5, 5.41) is 0.790. The van der Waals surface area contributed by atoms with E-state index in [-0.39, 0.29) is 22.9 Å². The molecule has 2 heterocycles. The minimum absolute atomic E-state index is 0.0803. The first-order valence-electron chi connectivity index (χ1n) is 16.4. The Morgan fingerprint density at radius 3 is 1.31 bits per heavy atom. The third-order valence-corrected chi connectivity index (χ3v) is 10.1. The molecule has 3 aromatic rings. The lowest BCUT2D eigenvalue weighted by Gasteiger charge is -2.34. The SMILES string of the molecule is CCCCCC(C)N1C(=c2c(=O)c(=C3N(C(C)CCCCC)c4ccccc4C3(C)C)c2=O)C(C)(C)c2ccccc21. The Labute approximate surface area is 252 Å². The molecular formula is C38H50N2O2. The van der Waals surface area contributed by atoms with Crippen molar-refractivity contribution < 1.29 is 0 Å². The first-order chi connectivity index (χ1) is 20.0. The van der Waals surface area contributed by atoms with Gasteiger partial charge in [-0.25, -0.2) is 0 Å². The largest absolute Gasteiger partial charge is 0.340 e. The molecule has 4 nitrogen and oxygen atoms in total. The van der Waals surface area contributed by atoms with Gasteiger partial charge >= 0.3 is 0 Å². The van der Waals surface area contributed by atoms with E-state index < -0.39 is 10.8 Å². The Kier molecular flexibility index (Phi) is 8.31. The van der Waals surface area contributed by atoms with Gasteiger partial charge < -0.3 is 9.80 Å². The minimum Gasteiger partial charge on any atom is -0.340 e. The van der Waals surface area contributed by atoms with Gasteiger partial charge in [0, 0.05) is 45.7 Å². The van der Waals surface area contributed by atoms with Crippen LogP contribution < -0.4 is 31.1 Å². The second kappa shape index (κ2) is 11.5. The summed E-state index contributed by atoms with van der Waals surface area (Å²) in [5.41, 5.74) is 5.40. The zero-order valence-electron chi connectivity index (χ0n) is 27.1. The number of nitrogens with zero attached hydrogens (tertiary/aromatic N) is 2. The number of hydrogen-bond acceptors (Lipinski definition) is 4. The monoisotopic (exact) mass is 566 g/mol. The van der Waals surface area contributed by atoms with Crippen molar-refractivity contribution in [1.82, 2.24) is 0 Å². The number of benzene rings is 2. The molecule has 0 saturated heterocycles. The molecule has 0 bridgehead atoms. The van der Waals surface area contributed by atoms with Gasteiger partial charge in [0.25, 0.3) is 0 Å². The normalized spacial score (nSPS) is 18.5. The molecule has 2 atom stereocenters. The third-order valence-electron chi connectivity index (χ3n) is 10.1. The van der Waals surface area contributed by atoms with E-state index in [1.54, 1.807) is 0 Å². The number of fused-ring (bicyclic) bond motifs is 2. The van der Waals surface area contributed by atoms with E-state index in [4.69, 9.17) is 0 Å². The van der Waals surface area contributed by atoms with Crippen LogP contribution >= 0.6 is 0 Å². The lowest BCUT2D eigenvalue weighted by atomic mass is 9.80.